The van der Waals surface area contributed by atoms with Gasteiger partial charge in [0.05, 0.1) is 14.8 Å². The summed E-state index contributed by atoms with van der Waals surface area (Å²) in [6.45, 7) is 2.14. The molecule has 0 N–H and O–H groups in total. The number of non-ortho nitro benzene ring substituents is 1. The van der Waals surface area contributed by atoms with Crippen LogP contribution in [0.5, 0.6) is 0 Å². The van der Waals surface area contributed by atoms with Crippen LogP contribution in [0.3, 0.4) is 0 Å². The van der Waals surface area contributed by atoms with Gasteiger partial charge < -0.3 is 0 Å². The number of benzene rings is 2. The Morgan fingerprint density at radius 1 is 1.10 bits per heavy atom. The van der Waals surface area contributed by atoms with E-state index < -0.39 is 0 Å². The molecule has 0 aliphatic carbocycles. The second-order valence-electron chi connectivity index (χ2n) is 8.61. The summed E-state index contributed by atoms with van der Waals surface area (Å²) < 4.78 is 0. The average Bonchev–Trinajstić information content (AvgIpc) is 3.31. The molecule has 7 heteroatoms. The minimum atomic E-state index is -0.359. The Morgan fingerprint density at radius 3 is 2.48 bits per heavy atom. The first-order valence-electron chi connectivity index (χ1n) is 10.5. The fraction of sp³-hybridized carbons (Fsp3) is 0.375. The van der Waals surface area contributed by atoms with Gasteiger partial charge in [-0.05, 0) is 62.4 Å². The summed E-state index contributed by atoms with van der Waals surface area (Å²) in [6, 6.07) is 17.0. The number of thiazole rings is 1. The van der Waals surface area contributed by atoms with E-state index in [1.807, 2.05) is 18.3 Å². The standard InChI is InChI=1S/C24H25N3O2S.ClH/c1-15-3-5-16(6-4-15)20-13-19-11-12-21(26(19)2)23(20)24-25-14-22(30-24)17-7-9-18(10-8-17)27(28)29;/h3-10,14,19-21,23H,11-13H2,1-2H3;1H/t19-,20+,21+,23-;/m0./s1. The molecule has 0 spiro atoms. The molecular formula is C24H26ClN3O2S. The predicted octanol–water partition coefficient (Wildman–Crippen LogP) is 6.18. The number of aryl methyl sites for hydroxylation is 1. The molecule has 5 rings (SSSR count). The van der Waals surface area contributed by atoms with Gasteiger partial charge >= 0.3 is 0 Å². The van der Waals surface area contributed by atoms with Crippen LogP contribution in [-0.4, -0.2) is 33.9 Å². The van der Waals surface area contributed by atoms with Crippen molar-refractivity contribution in [3.63, 3.8) is 0 Å². The van der Waals surface area contributed by atoms with Crippen LogP contribution < -0.4 is 0 Å². The van der Waals surface area contributed by atoms with Crippen LogP contribution in [-0.2, 0) is 0 Å². The van der Waals surface area contributed by atoms with Crippen molar-refractivity contribution in [3.05, 3.63) is 81.0 Å². The van der Waals surface area contributed by atoms with Crippen molar-refractivity contribution >= 4 is 29.4 Å². The van der Waals surface area contributed by atoms with E-state index in [0.29, 0.717) is 23.9 Å². The second kappa shape index (κ2) is 8.69. The summed E-state index contributed by atoms with van der Waals surface area (Å²) in [5, 5.41) is 12.1. The lowest BCUT2D eigenvalue weighted by molar-refractivity contribution is -0.384. The average molecular weight is 456 g/mol. The van der Waals surface area contributed by atoms with E-state index in [0.717, 1.165) is 10.4 Å². The number of nitro groups is 1. The molecule has 162 valence electrons. The first kappa shape index (κ1) is 21.9. The molecule has 0 unspecified atom stereocenters. The lowest BCUT2D eigenvalue weighted by Crippen LogP contribution is -2.44. The van der Waals surface area contributed by atoms with Gasteiger partial charge in [0, 0.05) is 36.3 Å². The molecule has 3 heterocycles. The molecule has 0 radical (unpaired) electrons. The van der Waals surface area contributed by atoms with Gasteiger partial charge in [-0.1, -0.05) is 29.8 Å². The quantitative estimate of drug-likeness (QED) is 0.348. The largest absolute Gasteiger partial charge is 0.300 e. The molecular weight excluding hydrogens is 430 g/mol. The Labute approximate surface area is 192 Å². The lowest BCUT2D eigenvalue weighted by atomic mass is 9.76. The van der Waals surface area contributed by atoms with E-state index in [9.17, 15) is 10.1 Å². The highest BCUT2D eigenvalue weighted by Gasteiger charge is 2.47. The minimum Gasteiger partial charge on any atom is -0.300 e. The molecule has 1 aromatic heterocycles. The number of hydrogen-bond acceptors (Lipinski definition) is 5. The fourth-order valence-electron chi connectivity index (χ4n) is 5.28. The van der Waals surface area contributed by atoms with Crippen molar-refractivity contribution < 1.29 is 4.92 Å². The topological polar surface area (TPSA) is 59.3 Å². The molecule has 31 heavy (non-hydrogen) atoms. The number of halogens is 1. The van der Waals surface area contributed by atoms with Crippen molar-refractivity contribution in [2.45, 2.75) is 50.1 Å². The van der Waals surface area contributed by atoms with Crippen molar-refractivity contribution in [1.29, 1.82) is 0 Å². The fourth-order valence-corrected chi connectivity index (χ4v) is 6.43. The summed E-state index contributed by atoms with van der Waals surface area (Å²) in [4.78, 5) is 19.1. The van der Waals surface area contributed by atoms with Crippen LogP contribution in [0.15, 0.2) is 54.7 Å². The third-order valence-corrected chi connectivity index (χ3v) is 8.09. The molecule has 2 fully saturated rings. The molecule has 2 aliphatic rings. The van der Waals surface area contributed by atoms with Gasteiger partial charge in [0.1, 0.15) is 0 Å². The number of rotatable bonds is 4. The third-order valence-electron chi connectivity index (χ3n) is 6.95. The van der Waals surface area contributed by atoms with Gasteiger partial charge in [0.15, 0.2) is 0 Å². The first-order valence-corrected chi connectivity index (χ1v) is 11.3. The van der Waals surface area contributed by atoms with Crippen LogP contribution in [0.2, 0.25) is 0 Å². The van der Waals surface area contributed by atoms with Gasteiger partial charge in [0.25, 0.3) is 5.69 Å². The van der Waals surface area contributed by atoms with Crippen molar-refractivity contribution in [2.24, 2.45) is 0 Å². The van der Waals surface area contributed by atoms with Gasteiger partial charge in [0.2, 0.25) is 0 Å². The third kappa shape index (κ3) is 4.00. The number of fused-ring (bicyclic) bond motifs is 2. The number of nitrogens with zero attached hydrogens (tertiary/aromatic N) is 3. The van der Waals surface area contributed by atoms with Crippen LogP contribution in [0.25, 0.3) is 10.4 Å². The van der Waals surface area contributed by atoms with E-state index in [2.05, 4.69) is 43.1 Å². The highest BCUT2D eigenvalue weighted by atomic mass is 35.5. The monoisotopic (exact) mass is 455 g/mol. The van der Waals surface area contributed by atoms with Crippen LogP contribution in [0.4, 0.5) is 5.69 Å². The Hall–Kier alpha value is -2.28. The van der Waals surface area contributed by atoms with Crippen molar-refractivity contribution in [2.75, 3.05) is 7.05 Å². The second-order valence-corrected chi connectivity index (χ2v) is 9.67. The van der Waals surface area contributed by atoms with Crippen LogP contribution >= 0.6 is 23.7 Å². The van der Waals surface area contributed by atoms with Gasteiger partial charge in [-0.25, -0.2) is 4.98 Å². The van der Waals surface area contributed by atoms with Crippen LogP contribution in [0, 0.1) is 17.0 Å². The normalized spacial score (nSPS) is 25.2. The van der Waals surface area contributed by atoms with Crippen molar-refractivity contribution in [1.82, 2.24) is 9.88 Å². The number of piperidine rings is 1. The van der Waals surface area contributed by atoms with Crippen LogP contribution in [0.1, 0.15) is 47.2 Å². The molecule has 3 aromatic rings. The molecule has 0 amide bonds. The maximum atomic E-state index is 10.9. The molecule has 2 bridgehead atoms. The Kier molecular flexibility index (Phi) is 6.15. The first-order chi connectivity index (χ1) is 14.5. The maximum absolute atomic E-state index is 10.9. The summed E-state index contributed by atoms with van der Waals surface area (Å²) in [7, 11) is 2.27. The van der Waals surface area contributed by atoms with Crippen molar-refractivity contribution in [3.8, 4) is 10.4 Å². The number of hydrogen-bond donors (Lipinski definition) is 0. The molecule has 2 aliphatic heterocycles. The summed E-state index contributed by atoms with van der Waals surface area (Å²) >= 11 is 1.74. The Morgan fingerprint density at radius 2 is 1.81 bits per heavy atom. The highest BCUT2D eigenvalue weighted by Crippen LogP contribution is 2.52. The van der Waals surface area contributed by atoms with E-state index in [4.69, 9.17) is 4.98 Å². The van der Waals surface area contributed by atoms with Gasteiger partial charge in [-0.15, -0.1) is 23.7 Å². The Bertz CT molecular complexity index is 1070. The van der Waals surface area contributed by atoms with E-state index in [1.165, 1.54) is 35.4 Å². The summed E-state index contributed by atoms with van der Waals surface area (Å²) in [5.41, 5.74) is 3.82. The molecule has 2 aromatic carbocycles. The smallest absolute Gasteiger partial charge is 0.269 e. The molecule has 4 atom stereocenters. The predicted molar refractivity (Wildman–Crippen MR) is 127 cm³/mol. The molecule has 5 nitrogen and oxygen atoms in total. The summed E-state index contributed by atoms with van der Waals surface area (Å²) in [5.74, 6) is 0.864. The van der Waals surface area contributed by atoms with E-state index in [1.54, 1.807) is 23.5 Å². The highest BCUT2D eigenvalue weighted by molar-refractivity contribution is 7.15. The SMILES string of the molecule is Cc1ccc([C@H]2C[C@@H]3CC[C@H]([C@H]2c2ncc(-c4ccc([N+](=O)[O-])cc4)s2)N3C)cc1.Cl. The zero-order valence-corrected chi connectivity index (χ0v) is 19.2. The zero-order chi connectivity index (χ0) is 20.8. The summed E-state index contributed by atoms with van der Waals surface area (Å²) in [6.07, 6.45) is 5.60. The van der Waals surface area contributed by atoms with E-state index >= 15 is 0 Å². The van der Waals surface area contributed by atoms with E-state index in [-0.39, 0.29) is 23.0 Å². The number of likely N-dealkylation sites (N-methyl/N-ethyl adjacent to an activating group) is 1. The molecule has 2 saturated heterocycles. The van der Waals surface area contributed by atoms with Gasteiger partial charge in [-0.2, -0.15) is 0 Å². The maximum Gasteiger partial charge on any atom is 0.269 e. The number of aromatic nitrogens is 1. The molecule has 0 saturated carbocycles. The minimum absolute atomic E-state index is 0. The number of nitro benzene ring substituents is 1. The Balaban J connectivity index is 0.00000231. The van der Waals surface area contributed by atoms with Gasteiger partial charge in [-0.3, -0.25) is 15.0 Å². The lowest BCUT2D eigenvalue weighted by Gasteiger charge is -2.42. The zero-order valence-electron chi connectivity index (χ0n) is 17.6.